The van der Waals surface area contributed by atoms with E-state index in [1.165, 1.54) is 11.8 Å². The molecule has 0 spiro atoms. The van der Waals surface area contributed by atoms with Gasteiger partial charge in [-0.15, -0.1) is 0 Å². The van der Waals surface area contributed by atoms with Crippen LogP contribution in [0, 0.1) is 10.1 Å². The summed E-state index contributed by atoms with van der Waals surface area (Å²) in [4.78, 5) is 11.5. The fourth-order valence-electron chi connectivity index (χ4n) is 1.46. The second-order valence-corrected chi connectivity index (χ2v) is 6.20. The summed E-state index contributed by atoms with van der Waals surface area (Å²) in [5, 5.41) is 10.5. The van der Waals surface area contributed by atoms with E-state index in [2.05, 4.69) is 0 Å². The molecule has 0 aliphatic rings. The van der Waals surface area contributed by atoms with Crippen LogP contribution in [0.3, 0.4) is 0 Å². The van der Waals surface area contributed by atoms with Gasteiger partial charge in [-0.1, -0.05) is 76.4 Å². The highest BCUT2D eigenvalue weighted by Gasteiger charge is 2.28. The molecule has 0 saturated carbocycles. The van der Waals surface area contributed by atoms with Crippen molar-refractivity contribution in [2.24, 2.45) is 0 Å². The van der Waals surface area contributed by atoms with Crippen molar-refractivity contribution in [3.63, 3.8) is 0 Å². The molecular weight excluding hydrogens is 364 g/mol. The topological polar surface area (TPSA) is 43.1 Å². The molecule has 0 heterocycles. The molecule has 0 aliphatic heterocycles. The van der Waals surface area contributed by atoms with Crippen LogP contribution in [0.15, 0.2) is 40.1 Å². The third-order valence-electron chi connectivity index (χ3n) is 2.35. The van der Waals surface area contributed by atoms with E-state index in [0.717, 1.165) is 4.90 Å². The highest BCUT2D eigenvalue weighted by Crippen LogP contribution is 2.50. The van der Waals surface area contributed by atoms with Crippen LogP contribution in [0.25, 0.3) is 0 Å². The minimum absolute atomic E-state index is 0.0154. The lowest BCUT2D eigenvalue weighted by Crippen LogP contribution is -1.94. The van der Waals surface area contributed by atoms with Crippen molar-refractivity contribution < 1.29 is 4.92 Å². The van der Waals surface area contributed by atoms with Crippen molar-refractivity contribution in [2.75, 3.05) is 0 Å². The number of nitro benzene ring substituents is 1. The van der Waals surface area contributed by atoms with Crippen molar-refractivity contribution in [3.8, 4) is 0 Å². The van der Waals surface area contributed by atoms with Gasteiger partial charge in [0.15, 0.2) is 0 Å². The number of nitrogens with zero attached hydrogens (tertiary/aromatic N) is 1. The molecule has 0 atom stereocenters. The van der Waals surface area contributed by atoms with Crippen LogP contribution >= 0.6 is 58.2 Å². The molecule has 2 rings (SSSR count). The van der Waals surface area contributed by atoms with Crippen molar-refractivity contribution in [1.29, 1.82) is 0 Å². The van der Waals surface area contributed by atoms with Crippen LogP contribution in [0.2, 0.25) is 20.1 Å². The minimum atomic E-state index is -0.709. The van der Waals surface area contributed by atoms with E-state index in [0.29, 0.717) is 4.90 Å². The zero-order valence-electron chi connectivity index (χ0n) is 9.57. The van der Waals surface area contributed by atoms with Crippen LogP contribution in [0.5, 0.6) is 0 Å². The number of halogens is 4. The average molecular weight is 369 g/mol. The van der Waals surface area contributed by atoms with E-state index < -0.39 is 10.6 Å². The lowest BCUT2D eigenvalue weighted by Gasteiger charge is -2.10. The second-order valence-electron chi connectivity index (χ2n) is 3.61. The molecule has 0 aliphatic carbocycles. The third-order valence-corrected chi connectivity index (χ3v) is 5.38. The van der Waals surface area contributed by atoms with Gasteiger partial charge in [0, 0.05) is 4.90 Å². The van der Waals surface area contributed by atoms with E-state index in [4.69, 9.17) is 46.4 Å². The molecule has 0 aromatic heterocycles. The molecule has 2 aromatic rings. The van der Waals surface area contributed by atoms with Gasteiger partial charge >= 0.3 is 5.69 Å². The largest absolute Gasteiger partial charge is 0.309 e. The normalized spacial score (nSPS) is 10.6. The average Bonchev–Trinajstić information content (AvgIpc) is 2.42. The summed E-state index contributed by atoms with van der Waals surface area (Å²) in [7, 11) is 0. The Morgan fingerprint density at radius 1 is 0.900 bits per heavy atom. The molecule has 0 unspecified atom stereocenters. The fourth-order valence-corrected chi connectivity index (χ4v) is 3.69. The Morgan fingerprint density at radius 2 is 1.40 bits per heavy atom. The minimum Gasteiger partial charge on any atom is -0.258 e. The van der Waals surface area contributed by atoms with Crippen molar-refractivity contribution in [1.82, 2.24) is 0 Å². The summed E-state index contributed by atoms with van der Waals surface area (Å²) in [6, 6.07) is 9.25. The summed E-state index contributed by atoms with van der Waals surface area (Å²) in [5.41, 5.74) is -0.485. The van der Waals surface area contributed by atoms with Gasteiger partial charge in [0.05, 0.1) is 19.9 Å². The van der Waals surface area contributed by atoms with Crippen molar-refractivity contribution in [2.45, 2.75) is 9.79 Å². The fraction of sp³-hybridized carbons (Fsp3) is 0. The van der Waals surface area contributed by atoms with Gasteiger partial charge < -0.3 is 0 Å². The Morgan fingerprint density at radius 3 is 1.85 bits per heavy atom. The first-order valence-corrected chi connectivity index (χ1v) is 7.49. The molecular formula is C12H5Cl4NO2S. The van der Waals surface area contributed by atoms with Gasteiger partial charge in [0.2, 0.25) is 0 Å². The van der Waals surface area contributed by atoms with E-state index in [1.54, 1.807) is 0 Å². The second kappa shape index (κ2) is 6.41. The third kappa shape index (κ3) is 3.00. The van der Waals surface area contributed by atoms with E-state index in [-0.39, 0.29) is 20.1 Å². The molecule has 104 valence electrons. The number of hydrogen-bond acceptors (Lipinski definition) is 3. The van der Waals surface area contributed by atoms with Crippen LogP contribution in [0.1, 0.15) is 0 Å². The number of benzene rings is 2. The predicted octanol–water partition coefficient (Wildman–Crippen LogP) is 6.36. The maximum absolute atomic E-state index is 10.9. The molecule has 20 heavy (non-hydrogen) atoms. The van der Waals surface area contributed by atoms with Crippen molar-refractivity contribution in [3.05, 3.63) is 60.5 Å². The molecule has 0 bridgehead atoms. The summed E-state index contributed by atoms with van der Waals surface area (Å²) in [6.45, 7) is 0. The van der Waals surface area contributed by atoms with E-state index in [1.807, 2.05) is 30.3 Å². The van der Waals surface area contributed by atoms with Gasteiger partial charge in [-0.2, -0.15) is 0 Å². The standard InChI is InChI=1S/C12H5Cl4NO2S/c13-7-9(15)12(20-6-4-2-1-3-5-6)10(16)8(14)11(7)17(18)19/h1-5H. The summed E-state index contributed by atoms with van der Waals surface area (Å²) >= 11 is 25.2. The van der Waals surface area contributed by atoms with E-state index in [9.17, 15) is 10.1 Å². The SMILES string of the molecule is O=[N+]([O-])c1c(Cl)c(Cl)c(Sc2ccccc2)c(Cl)c1Cl. The summed E-state index contributed by atoms with van der Waals surface area (Å²) < 4.78 is 0. The lowest BCUT2D eigenvalue weighted by molar-refractivity contribution is -0.384. The van der Waals surface area contributed by atoms with Gasteiger partial charge in [-0.3, -0.25) is 10.1 Å². The predicted molar refractivity (Wildman–Crippen MR) is 83.7 cm³/mol. The Bertz CT molecular complexity index is 650. The molecule has 8 heteroatoms. The maximum atomic E-state index is 10.9. The van der Waals surface area contributed by atoms with Crippen molar-refractivity contribution >= 4 is 63.9 Å². The zero-order chi connectivity index (χ0) is 14.9. The number of rotatable bonds is 3. The Hall–Kier alpha value is -0.650. The summed E-state index contributed by atoms with van der Waals surface area (Å²) in [5.74, 6) is 0. The molecule has 0 saturated heterocycles. The van der Waals surface area contributed by atoms with Gasteiger partial charge in [-0.05, 0) is 12.1 Å². The Labute approximate surface area is 138 Å². The Balaban J connectivity index is 2.58. The first-order valence-electron chi connectivity index (χ1n) is 5.16. The lowest BCUT2D eigenvalue weighted by atomic mass is 10.3. The number of hydrogen-bond donors (Lipinski definition) is 0. The van der Waals surface area contributed by atoms with Crippen LogP contribution in [-0.4, -0.2) is 4.92 Å². The van der Waals surface area contributed by atoms with Crippen LogP contribution in [0.4, 0.5) is 5.69 Å². The van der Waals surface area contributed by atoms with Crippen LogP contribution in [-0.2, 0) is 0 Å². The zero-order valence-corrected chi connectivity index (χ0v) is 13.4. The highest BCUT2D eigenvalue weighted by atomic mass is 35.5. The molecule has 0 radical (unpaired) electrons. The summed E-state index contributed by atoms with van der Waals surface area (Å²) in [6.07, 6.45) is 0. The van der Waals surface area contributed by atoms with Crippen LogP contribution < -0.4 is 0 Å². The molecule has 0 amide bonds. The first kappa shape index (κ1) is 15.7. The van der Waals surface area contributed by atoms with Gasteiger partial charge in [0.25, 0.3) is 0 Å². The maximum Gasteiger partial charge on any atom is 0.309 e. The molecule has 3 nitrogen and oxygen atoms in total. The monoisotopic (exact) mass is 367 g/mol. The smallest absolute Gasteiger partial charge is 0.258 e. The van der Waals surface area contributed by atoms with Gasteiger partial charge in [0.1, 0.15) is 10.0 Å². The molecule has 0 N–H and O–H groups in total. The molecule has 0 fully saturated rings. The number of nitro groups is 1. The highest BCUT2D eigenvalue weighted by molar-refractivity contribution is 7.99. The Kier molecular flexibility index (Phi) is 5.04. The quantitative estimate of drug-likeness (QED) is 0.359. The first-order chi connectivity index (χ1) is 9.43. The van der Waals surface area contributed by atoms with E-state index >= 15 is 0 Å². The molecule has 2 aromatic carbocycles. The van der Waals surface area contributed by atoms with Gasteiger partial charge in [-0.25, -0.2) is 0 Å².